The molecule has 4 nitrogen and oxygen atoms in total. The number of benzene rings is 1. The lowest BCUT2D eigenvalue weighted by Crippen LogP contribution is -2.35. The normalized spacial score (nSPS) is 18.7. The van der Waals surface area contributed by atoms with Crippen LogP contribution in [0.2, 0.25) is 0 Å². The predicted octanol–water partition coefficient (Wildman–Crippen LogP) is 4.36. The number of piperidine rings is 1. The number of H-pyrrole nitrogens is 1. The second kappa shape index (κ2) is 6.06. The zero-order chi connectivity index (χ0) is 17.4. The van der Waals surface area contributed by atoms with Gasteiger partial charge in [-0.05, 0) is 37.1 Å². The monoisotopic (exact) mass is 346 g/mol. The van der Waals surface area contributed by atoms with Crippen molar-refractivity contribution in [2.75, 3.05) is 18.0 Å². The van der Waals surface area contributed by atoms with Crippen LogP contribution in [0.4, 0.5) is 19.0 Å². The number of aromatic nitrogens is 3. The number of nitrogens with zero attached hydrogens (tertiary/aromatic N) is 3. The van der Waals surface area contributed by atoms with Gasteiger partial charge in [0.05, 0.1) is 16.6 Å². The van der Waals surface area contributed by atoms with Crippen LogP contribution in [-0.4, -0.2) is 28.0 Å². The van der Waals surface area contributed by atoms with Crippen LogP contribution in [0.15, 0.2) is 42.6 Å². The molecule has 0 aliphatic carbocycles. The third-order valence-corrected chi connectivity index (χ3v) is 4.61. The summed E-state index contributed by atoms with van der Waals surface area (Å²) in [6.45, 7) is 1.30. The molecule has 25 heavy (non-hydrogen) atoms. The number of hydrogen-bond acceptors (Lipinski definition) is 3. The number of pyridine rings is 1. The first-order valence-electron chi connectivity index (χ1n) is 8.23. The average molecular weight is 346 g/mol. The van der Waals surface area contributed by atoms with Gasteiger partial charge in [-0.3, -0.25) is 0 Å². The van der Waals surface area contributed by atoms with Gasteiger partial charge in [0, 0.05) is 25.2 Å². The minimum absolute atomic E-state index is 0.150. The van der Waals surface area contributed by atoms with E-state index in [9.17, 15) is 13.2 Å². The number of para-hydroxylation sites is 2. The highest BCUT2D eigenvalue weighted by molar-refractivity contribution is 5.74. The van der Waals surface area contributed by atoms with Crippen LogP contribution in [0, 0.1) is 0 Å². The summed E-state index contributed by atoms with van der Waals surface area (Å²) in [4.78, 5) is 14.0. The lowest BCUT2D eigenvalue weighted by atomic mass is 9.97. The second-order valence-corrected chi connectivity index (χ2v) is 6.32. The van der Waals surface area contributed by atoms with E-state index in [1.165, 1.54) is 6.20 Å². The maximum Gasteiger partial charge on any atom is 0.416 e. The van der Waals surface area contributed by atoms with Gasteiger partial charge in [-0.25, -0.2) is 9.97 Å². The Morgan fingerprint density at radius 2 is 2.00 bits per heavy atom. The molecule has 2 aromatic heterocycles. The summed E-state index contributed by atoms with van der Waals surface area (Å²) < 4.78 is 38.8. The molecule has 1 fully saturated rings. The van der Waals surface area contributed by atoms with Crippen molar-refractivity contribution in [3.05, 3.63) is 54.0 Å². The van der Waals surface area contributed by atoms with Gasteiger partial charge in [0.25, 0.3) is 0 Å². The lowest BCUT2D eigenvalue weighted by Gasteiger charge is -2.33. The topological polar surface area (TPSA) is 44.8 Å². The van der Waals surface area contributed by atoms with Crippen molar-refractivity contribution in [2.45, 2.75) is 24.9 Å². The molecule has 0 saturated carbocycles. The molecule has 1 aliphatic rings. The van der Waals surface area contributed by atoms with E-state index in [1.807, 2.05) is 29.2 Å². The fourth-order valence-electron chi connectivity index (χ4n) is 3.34. The van der Waals surface area contributed by atoms with E-state index in [2.05, 4.69) is 15.0 Å². The second-order valence-electron chi connectivity index (χ2n) is 6.32. The minimum atomic E-state index is -4.36. The van der Waals surface area contributed by atoms with Gasteiger partial charge in [0.1, 0.15) is 11.6 Å². The van der Waals surface area contributed by atoms with E-state index in [0.717, 1.165) is 41.8 Å². The van der Waals surface area contributed by atoms with E-state index in [-0.39, 0.29) is 5.92 Å². The molecule has 1 aliphatic heterocycles. The molecule has 1 atom stereocenters. The Labute approximate surface area is 142 Å². The molecule has 1 saturated heterocycles. The summed E-state index contributed by atoms with van der Waals surface area (Å²) in [5.41, 5.74) is 1.22. The first-order valence-corrected chi connectivity index (χ1v) is 8.23. The Bertz CT molecular complexity index is 854. The molecule has 130 valence electrons. The summed E-state index contributed by atoms with van der Waals surface area (Å²) in [5.74, 6) is 1.41. The van der Waals surface area contributed by atoms with Crippen LogP contribution >= 0.6 is 0 Å². The number of nitrogens with one attached hydrogen (secondary N) is 1. The Kier molecular flexibility index (Phi) is 3.86. The molecule has 0 spiro atoms. The largest absolute Gasteiger partial charge is 0.416 e. The zero-order valence-electron chi connectivity index (χ0n) is 13.4. The summed E-state index contributed by atoms with van der Waals surface area (Å²) in [6, 6.07) is 9.94. The number of imidazole rings is 1. The standard InChI is InChI=1S/C18H17F3N4/c19-18(20,21)13-7-8-22-16(10-13)25-9-3-4-12(11-25)17-23-14-5-1-2-6-15(14)24-17/h1-2,5-8,10,12H,3-4,9,11H2,(H,23,24). The molecule has 0 amide bonds. The van der Waals surface area contributed by atoms with Crippen LogP contribution < -0.4 is 4.90 Å². The number of halogens is 3. The number of hydrogen-bond donors (Lipinski definition) is 1. The Hall–Kier alpha value is -2.57. The number of aromatic amines is 1. The van der Waals surface area contributed by atoms with Crippen molar-refractivity contribution in [1.29, 1.82) is 0 Å². The van der Waals surface area contributed by atoms with Crippen molar-refractivity contribution < 1.29 is 13.2 Å². The third-order valence-electron chi connectivity index (χ3n) is 4.61. The van der Waals surface area contributed by atoms with E-state index < -0.39 is 11.7 Å². The smallest absolute Gasteiger partial charge is 0.356 e. The summed E-state index contributed by atoms with van der Waals surface area (Å²) in [7, 11) is 0. The van der Waals surface area contributed by atoms with Gasteiger partial charge in [-0.15, -0.1) is 0 Å². The molecule has 7 heteroatoms. The van der Waals surface area contributed by atoms with E-state index in [4.69, 9.17) is 0 Å². The van der Waals surface area contributed by atoms with Crippen LogP contribution in [0.3, 0.4) is 0 Å². The van der Waals surface area contributed by atoms with Crippen LogP contribution in [0.1, 0.15) is 30.1 Å². The highest BCUT2D eigenvalue weighted by Gasteiger charge is 2.32. The summed E-state index contributed by atoms with van der Waals surface area (Å²) >= 11 is 0. The van der Waals surface area contributed by atoms with Crippen LogP contribution in [0.5, 0.6) is 0 Å². The predicted molar refractivity (Wildman–Crippen MR) is 89.5 cm³/mol. The van der Waals surface area contributed by atoms with Gasteiger partial charge < -0.3 is 9.88 Å². The number of anilines is 1. The molecule has 1 unspecified atom stereocenters. The first kappa shape index (κ1) is 15.9. The Balaban J connectivity index is 1.59. The third kappa shape index (κ3) is 3.18. The molecule has 4 rings (SSSR count). The Morgan fingerprint density at radius 3 is 2.80 bits per heavy atom. The number of rotatable bonds is 2. The van der Waals surface area contributed by atoms with Gasteiger partial charge in [-0.2, -0.15) is 13.2 Å². The van der Waals surface area contributed by atoms with Crippen molar-refractivity contribution in [2.24, 2.45) is 0 Å². The maximum absolute atomic E-state index is 12.9. The minimum Gasteiger partial charge on any atom is -0.356 e. The van der Waals surface area contributed by atoms with E-state index in [0.29, 0.717) is 18.9 Å². The fourth-order valence-corrected chi connectivity index (χ4v) is 3.34. The van der Waals surface area contributed by atoms with Crippen LogP contribution in [-0.2, 0) is 6.18 Å². The van der Waals surface area contributed by atoms with Crippen molar-refractivity contribution in [3.63, 3.8) is 0 Å². The van der Waals surface area contributed by atoms with E-state index >= 15 is 0 Å². The highest BCUT2D eigenvalue weighted by Crippen LogP contribution is 2.33. The molecule has 3 aromatic rings. The molecular formula is C18H17F3N4. The molecule has 0 radical (unpaired) electrons. The molecule has 0 bridgehead atoms. The fraction of sp³-hybridized carbons (Fsp3) is 0.333. The van der Waals surface area contributed by atoms with Gasteiger partial charge in [0.2, 0.25) is 0 Å². The summed E-state index contributed by atoms with van der Waals surface area (Å²) in [6.07, 6.45) is -1.29. The lowest BCUT2D eigenvalue weighted by molar-refractivity contribution is -0.137. The molecule has 1 aromatic carbocycles. The summed E-state index contributed by atoms with van der Waals surface area (Å²) in [5, 5.41) is 0. The quantitative estimate of drug-likeness (QED) is 0.750. The van der Waals surface area contributed by atoms with Crippen molar-refractivity contribution >= 4 is 16.9 Å². The number of fused-ring (bicyclic) bond motifs is 1. The van der Waals surface area contributed by atoms with Crippen LogP contribution in [0.25, 0.3) is 11.0 Å². The first-order chi connectivity index (χ1) is 12.0. The van der Waals surface area contributed by atoms with E-state index in [1.54, 1.807) is 0 Å². The molecule has 1 N–H and O–H groups in total. The van der Waals surface area contributed by atoms with Crippen molar-refractivity contribution in [3.8, 4) is 0 Å². The maximum atomic E-state index is 12.9. The average Bonchev–Trinajstić information content (AvgIpc) is 3.05. The van der Waals surface area contributed by atoms with Gasteiger partial charge >= 0.3 is 6.18 Å². The van der Waals surface area contributed by atoms with Gasteiger partial charge in [-0.1, -0.05) is 12.1 Å². The highest BCUT2D eigenvalue weighted by atomic mass is 19.4. The number of alkyl halides is 3. The zero-order valence-corrected chi connectivity index (χ0v) is 13.4. The van der Waals surface area contributed by atoms with Gasteiger partial charge in [0.15, 0.2) is 0 Å². The van der Waals surface area contributed by atoms with Crippen molar-refractivity contribution in [1.82, 2.24) is 15.0 Å². The molecule has 3 heterocycles. The Morgan fingerprint density at radius 1 is 1.16 bits per heavy atom. The molecular weight excluding hydrogens is 329 g/mol. The SMILES string of the molecule is FC(F)(F)c1ccnc(N2CCCC(c3nc4ccccc4[nH]3)C2)c1.